The number of nitrogens with zero attached hydrogens (tertiary/aromatic N) is 1. The fraction of sp³-hybridized carbons (Fsp3) is 0.333. The van der Waals surface area contributed by atoms with Crippen LogP contribution >= 0.6 is 0 Å². The van der Waals surface area contributed by atoms with Gasteiger partial charge in [-0.15, -0.1) is 0 Å². The molecule has 1 saturated carbocycles. The van der Waals surface area contributed by atoms with Crippen LogP contribution in [0.1, 0.15) is 23.2 Å². The van der Waals surface area contributed by atoms with Crippen LogP contribution < -0.4 is 10.6 Å². The molecule has 98 valence electrons. The van der Waals surface area contributed by atoms with Crippen LogP contribution in [-0.4, -0.2) is 30.0 Å². The van der Waals surface area contributed by atoms with Gasteiger partial charge >= 0.3 is 0 Å². The van der Waals surface area contributed by atoms with Gasteiger partial charge < -0.3 is 10.6 Å². The standard InChI is InChI=1S/C15H17N3O/c19-15(18-9-8-16-13-4-5-13)12-3-6-14-11(10-12)2-1-7-17-14/h1-3,6-7,10,13,16H,4-5,8-9H2,(H,18,19). The van der Waals surface area contributed by atoms with Gasteiger partial charge in [0.1, 0.15) is 0 Å². The zero-order chi connectivity index (χ0) is 13.1. The van der Waals surface area contributed by atoms with Gasteiger partial charge in [-0.05, 0) is 37.1 Å². The minimum atomic E-state index is -0.0247. The Bertz CT molecular complexity index is 593. The smallest absolute Gasteiger partial charge is 0.251 e. The number of benzene rings is 1. The van der Waals surface area contributed by atoms with E-state index >= 15 is 0 Å². The summed E-state index contributed by atoms with van der Waals surface area (Å²) in [5, 5.41) is 7.29. The lowest BCUT2D eigenvalue weighted by molar-refractivity contribution is 0.0954. The summed E-state index contributed by atoms with van der Waals surface area (Å²) in [6.07, 6.45) is 4.29. The molecule has 0 spiro atoms. The van der Waals surface area contributed by atoms with E-state index in [2.05, 4.69) is 15.6 Å². The molecule has 1 aliphatic carbocycles. The maximum atomic E-state index is 12.0. The zero-order valence-electron chi connectivity index (χ0n) is 10.7. The van der Waals surface area contributed by atoms with Crippen molar-refractivity contribution in [3.8, 4) is 0 Å². The summed E-state index contributed by atoms with van der Waals surface area (Å²) in [6, 6.07) is 10.1. The van der Waals surface area contributed by atoms with Gasteiger partial charge in [0.2, 0.25) is 0 Å². The molecule has 2 aromatic rings. The number of rotatable bonds is 5. The lowest BCUT2D eigenvalue weighted by Gasteiger charge is -2.06. The average Bonchev–Trinajstić information content (AvgIpc) is 3.27. The van der Waals surface area contributed by atoms with E-state index in [-0.39, 0.29) is 5.91 Å². The fourth-order valence-corrected chi connectivity index (χ4v) is 2.06. The van der Waals surface area contributed by atoms with Gasteiger partial charge in [0.05, 0.1) is 5.52 Å². The Labute approximate surface area is 112 Å². The van der Waals surface area contributed by atoms with Gasteiger partial charge in [-0.1, -0.05) is 6.07 Å². The summed E-state index contributed by atoms with van der Waals surface area (Å²) in [4.78, 5) is 16.2. The molecule has 2 N–H and O–H groups in total. The summed E-state index contributed by atoms with van der Waals surface area (Å²) < 4.78 is 0. The van der Waals surface area contributed by atoms with Crippen molar-refractivity contribution < 1.29 is 4.79 Å². The van der Waals surface area contributed by atoms with E-state index in [4.69, 9.17) is 0 Å². The number of amides is 1. The van der Waals surface area contributed by atoms with Crippen LogP contribution in [0, 0.1) is 0 Å². The first-order valence-electron chi connectivity index (χ1n) is 6.69. The molecule has 19 heavy (non-hydrogen) atoms. The first-order valence-corrected chi connectivity index (χ1v) is 6.69. The lowest BCUT2D eigenvalue weighted by atomic mass is 10.1. The molecule has 1 aromatic carbocycles. The molecular formula is C15H17N3O. The Balaban J connectivity index is 1.60. The van der Waals surface area contributed by atoms with Gasteiger partial charge in [0, 0.05) is 36.3 Å². The van der Waals surface area contributed by atoms with Crippen molar-refractivity contribution in [2.45, 2.75) is 18.9 Å². The highest BCUT2D eigenvalue weighted by Gasteiger charge is 2.19. The van der Waals surface area contributed by atoms with Crippen molar-refractivity contribution in [1.82, 2.24) is 15.6 Å². The monoisotopic (exact) mass is 255 g/mol. The fourth-order valence-electron chi connectivity index (χ4n) is 2.06. The number of fused-ring (bicyclic) bond motifs is 1. The number of carbonyl (C=O) groups is 1. The third-order valence-corrected chi connectivity index (χ3v) is 3.29. The molecule has 1 aliphatic rings. The van der Waals surface area contributed by atoms with Gasteiger partial charge in [-0.2, -0.15) is 0 Å². The second-order valence-electron chi connectivity index (χ2n) is 4.90. The van der Waals surface area contributed by atoms with Crippen molar-refractivity contribution in [1.29, 1.82) is 0 Å². The van der Waals surface area contributed by atoms with Crippen LogP contribution in [-0.2, 0) is 0 Å². The first-order chi connectivity index (χ1) is 9.33. The molecule has 4 heteroatoms. The molecule has 1 fully saturated rings. The third-order valence-electron chi connectivity index (χ3n) is 3.29. The van der Waals surface area contributed by atoms with Crippen LogP contribution in [0.15, 0.2) is 36.5 Å². The zero-order valence-corrected chi connectivity index (χ0v) is 10.7. The van der Waals surface area contributed by atoms with E-state index in [1.807, 2.05) is 30.3 Å². The number of pyridine rings is 1. The predicted octanol–water partition coefficient (Wildman–Crippen LogP) is 1.72. The molecule has 0 bridgehead atoms. The van der Waals surface area contributed by atoms with Crippen molar-refractivity contribution in [3.05, 3.63) is 42.1 Å². The van der Waals surface area contributed by atoms with Gasteiger partial charge in [0.15, 0.2) is 0 Å². The number of aromatic nitrogens is 1. The molecule has 1 heterocycles. The van der Waals surface area contributed by atoms with E-state index in [9.17, 15) is 4.79 Å². The van der Waals surface area contributed by atoms with Gasteiger partial charge in [-0.25, -0.2) is 0 Å². The lowest BCUT2D eigenvalue weighted by Crippen LogP contribution is -2.32. The highest BCUT2D eigenvalue weighted by Crippen LogP contribution is 2.17. The van der Waals surface area contributed by atoms with E-state index in [0.29, 0.717) is 18.2 Å². The summed E-state index contributed by atoms with van der Waals surface area (Å²) in [6.45, 7) is 1.51. The van der Waals surface area contributed by atoms with Gasteiger partial charge in [-0.3, -0.25) is 9.78 Å². The topological polar surface area (TPSA) is 54.0 Å². The normalized spacial score (nSPS) is 14.5. The molecule has 4 nitrogen and oxygen atoms in total. The SMILES string of the molecule is O=C(NCCNC1CC1)c1ccc2ncccc2c1. The Morgan fingerprint density at radius 3 is 3.00 bits per heavy atom. The summed E-state index contributed by atoms with van der Waals surface area (Å²) in [5.74, 6) is -0.0247. The van der Waals surface area contributed by atoms with Crippen LogP contribution in [0.2, 0.25) is 0 Å². The molecule has 0 unspecified atom stereocenters. The molecule has 0 atom stereocenters. The third kappa shape index (κ3) is 3.09. The maximum Gasteiger partial charge on any atom is 0.251 e. The maximum absolute atomic E-state index is 12.0. The van der Waals surface area contributed by atoms with Crippen LogP contribution in [0.5, 0.6) is 0 Å². The van der Waals surface area contributed by atoms with Crippen molar-refractivity contribution in [2.75, 3.05) is 13.1 Å². The second-order valence-corrected chi connectivity index (χ2v) is 4.90. The predicted molar refractivity (Wildman–Crippen MR) is 75.1 cm³/mol. The summed E-state index contributed by atoms with van der Waals surface area (Å²) in [7, 11) is 0. The molecule has 1 aromatic heterocycles. The molecule has 1 amide bonds. The van der Waals surface area contributed by atoms with Crippen molar-refractivity contribution in [2.24, 2.45) is 0 Å². The van der Waals surface area contributed by atoms with Crippen LogP contribution in [0.25, 0.3) is 10.9 Å². The van der Waals surface area contributed by atoms with E-state index < -0.39 is 0 Å². The minimum Gasteiger partial charge on any atom is -0.351 e. The van der Waals surface area contributed by atoms with Crippen LogP contribution in [0.4, 0.5) is 0 Å². The van der Waals surface area contributed by atoms with E-state index in [1.165, 1.54) is 12.8 Å². The number of hydrogen-bond donors (Lipinski definition) is 2. The highest BCUT2D eigenvalue weighted by atomic mass is 16.1. The first kappa shape index (κ1) is 12.1. The molecular weight excluding hydrogens is 238 g/mol. The molecule has 3 rings (SSSR count). The second kappa shape index (κ2) is 5.36. The highest BCUT2D eigenvalue weighted by molar-refractivity contribution is 5.97. The number of hydrogen-bond acceptors (Lipinski definition) is 3. The Kier molecular flexibility index (Phi) is 3.42. The average molecular weight is 255 g/mol. The quantitative estimate of drug-likeness (QED) is 0.800. The molecule has 0 saturated heterocycles. The van der Waals surface area contributed by atoms with Crippen molar-refractivity contribution >= 4 is 16.8 Å². The largest absolute Gasteiger partial charge is 0.351 e. The Hall–Kier alpha value is -1.94. The van der Waals surface area contributed by atoms with Crippen molar-refractivity contribution in [3.63, 3.8) is 0 Å². The van der Waals surface area contributed by atoms with Gasteiger partial charge in [0.25, 0.3) is 5.91 Å². The summed E-state index contributed by atoms with van der Waals surface area (Å²) >= 11 is 0. The Morgan fingerprint density at radius 1 is 1.26 bits per heavy atom. The molecule has 0 radical (unpaired) electrons. The Morgan fingerprint density at radius 2 is 2.16 bits per heavy atom. The number of nitrogens with one attached hydrogen (secondary N) is 2. The van der Waals surface area contributed by atoms with E-state index in [1.54, 1.807) is 6.20 Å². The molecule has 0 aliphatic heterocycles. The summed E-state index contributed by atoms with van der Waals surface area (Å²) in [5.41, 5.74) is 1.60. The van der Waals surface area contributed by atoms with Crippen LogP contribution in [0.3, 0.4) is 0 Å². The van der Waals surface area contributed by atoms with E-state index in [0.717, 1.165) is 17.4 Å². The minimum absolute atomic E-state index is 0.0247. The number of carbonyl (C=O) groups excluding carboxylic acids is 1.